The van der Waals surface area contributed by atoms with Gasteiger partial charge in [0.1, 0.15) is 5.75 Å². The normalized spacial score (nSPS) is 12.7. The van der Waals surface area contributed by atoms with Crippen molar-refractivity contribution in [1.82, 2.24) is 5.32 Å². The van der Waals surface area contributed by atoms with Crippen LogP contribution in [0.2, 0.25) is 5.02 Å². The SMILES string of the molecule is CCC(CC)CNC(CN)c1ccc(OC)c(Cl)c1. The molecule has 0 aliphatic carbocycles. The fraction of sp³-hybridized carbons (Fsp3) is 0.600. The molecule has 0 saturated carbocycles. The molecular formula is C15H25ClN2O. The Morgan fingerprint density at radius 1 is 1.32 bits per heavy atom. The summed E-state index contributed by atoms with van der Waals surface area (Å²) < 4.78 is 5.16. The Kier molecular flexibility index (Phi) is 7.21. The number of methoxy groups -OCH3 is 1. The van der Waals surface area contributed by atoms with Gasteiger partial charge in [-0.15, -0.1) is 0 Å². The minimum atomic E-state index is 0.143. The smallest absolute Gasteiger partial charge is 0.137 e. The van der Waals surface area contributed by atoms with E-state index in [2.05, 4.69) is 19.2 Å². The molecule has 3 nitrogen and oxygen atoms in total. The number of benzene rings is 1. The van der Waals surface area contributed by atoms with Crippen LogP contribution >= 0.6 is 11.6 Å². The maximum Gasteiger partial charge on any atom is 0.137 e. The molecule has 1 aromatic carbocycles. The quantitative estimate of drug-likeness (QED) is 0.769. The Morgan fingerprint density at radius 3 is 2.47 bits per heavy atom. The highest BCUT2D eigenvalue weighted by atomic mass is 35.5. The molecule has 19 heavy (non-hydrogen) atoms. The zero-order valence-electron chi connectivity index (χ0n) is 12.1. The van der Waals surface area contributed by atoms with Gasteiger partial charge in [-0.05, 0) is 30.2 Å². The number of nitrogens with one attached hydrogen (secondary N) is 1. The lowest BCUT2D eigenvalue weighted by Gasteiger charge is -2.21. The Labute approximate surface area is 121 Å². The largest absolute Gasteiger partial charge is 0.495 e. The molecule has 108 valence electrons. The topological polar surface area (TPSA) is 47.3 Å². The minimum Gasteiger partial charge on any atom is -0.495 e. The van der Waals surface area contributed by atoms with Crippen molar-refractivity contribution in [3.63, 3.8) is 0 Å². The Balaban J connectivity index is 2.71. The number of nitrogens with two attached hydrogens (primary N) is 1. The first-order valence-electron chi connectivity index (χ1n) is 6.93. The first-order valence-corrected chi connectivity index (χ1v) is 7.30. The molecule has 0 amide bonds. The molecule has 1 aromatic rings. The van der Waals surface area contributed by atoms with E-state index in [4.69, 9.17) is 22.1 Å². The molecule has 0 aliphatic heterocycles. The number of hydrogen-bond acceptors (Lipinski definition) is 3. The summed E-state index contributed by atoms with van der Waals surface area (Å²) in [5.74, 6) is 1.39. The molecule has 0 bridgehead atoms. The van der Waals surface area contributed by atoms with Crippen LogP contribution in [-0.4, -0.2) is 20.2 Å². The lowest BCUT2D eigenvalue weighted by atomic mass is 10.0. The lowest BCUT2D eigenvalue weighted by molar-refractivity contribution is 0.409. The van der Waals surface area contributed by atoms with Gasteiger partial charge in [0.15, 0.2) is 0 Å². The summed E-state index contributed by atoms with van der Waals surface area (Å²) >= 11 is 6.15. The fourth-order valence-electron chi connectivity index (χ4n) is 2.12. The fourth-order valence-corrected chi connectivity index (χ4v) is 2.39. The van der Waals surface area contributed by atoms with Crippen LogP contribution in [0.4, 0.5) is 0 Å². The third-order valence-electron chi connectivity index (χ3n) is 3.62. The molecular weight excluding hydrogens is 260 g/mol. The molecule has 1 rings (SSSR count). The van der Waals surface area contributed by atoms with Gasteiger partial charge in [0, 0.05) is 12.6 Å². The van der Waals surface area contributed by atoms with Gasteiger partial charge in [-0.1, -0.05) is 44.4 Å². The average Bonchev–Trinajstić information content (AvgIpc) is 2.44. The van der Waals surface area contributed by atoms with Crippen LogP contribution in [0.25, 0.3) is 0 Å². The summed E-state index contributed by atoms with van der Waals surface area (Å²) in [6.45, 7) is 5.98. The third kappa shape index (κ3) is 4.68. The van der Waals surface area contributed by atoms with Crippen molar-refractivity contribution in [2.45, 2.75) is 32.7 Å². The number of halogens is 1. The van der Waals surface area contributed by atoms with Crippen molar-refractivity contribution in [1.29, 1.82) is 0 Å². The maximum atomic E-state index is 6.15. The van der Waals surface area contributed by atoms with E-state index in [0.717, 1.165) is 12.1 Å². The summed E-state index contributed by atoms with van der Waals surface area (Å²) in [5, 5.41) is 4.16. The van der Waals surface area contributed by atoms with E-state index in [-0.39, 0.29) is 6.04 Å². The van der Waals surface area contributed by atoms with Gasteiger partial charge in [0.2, 0.25) is 0 Å². The molecule has 0 radical (unpaired) electrons. The first-order chi connectivity index (χ1) is 9.15. The van der Waals surface area contributed by atoms with E-state index >= 15 is 0 Å². The third-order valence-corrected chi connectivity index (χ3v) is 3.92. The highest BCUT2D eigenvalue weighted by Crippen LogP contribution is 2.27. The summed E-state index contributed by atoms with van der Waals surface area (Å²) in [6.07, 6.45) is 2.37. The second-order valence-electron chi connectivity index (χ2n) is 4.77. The second kappa shape index (κ2) is 8.41. The van der Waals surface area contributed by atoms with E-state index in [1.54, 1.807) is 7.11 Å². The molecule has 0 aromatic heterocycles. The predicted molar refractivity (Wildman–Crippen MR) is 81.9 cm³/mol. The van der Waals surface area contributed by atoms with Crippen molar-refractivity contribution in [2.75, 3.05) is 20.2 Å². The van der Waals surface area contributed by atoms with Gasteiger partial charge in [0.05, 0.1) is 12.1 Å². The number of ether oxygens (including phenoxy) is 1. The first kappa shape index (κ1) is 16.3. The minimum absolute atomic E-state index is 0.143. The van der Waals surface area contributed by atoms with Gasteiger partial charge < -0.3 is 15.8 Å². The van der Waals surface area contributed by atoms with Gasteiger partial charge >= 0.3 is 0 Å². The maximum absolute atomic E-state index is 6.15. The highest BCUT2D eigenvalue weighted by molar-refractivity contribution is 6.32. The van der Waals surface area contributed by atoms with E-state index in [1.165, 1.54) is 12.8 Å². The summed E-state index contributed by atoms with van der Waals surface area (Å²) in [4.78, 5) is 0. The molecule has 0 saturated heterocycles. The molecule has 4 heteroatoms. The standard InChI is InChI=1S/C15H25ClN2O/c1-4-11(5-2)10-18-14(9-17)12-6-7-15(19-3)13(16)8-12/h6-8,11,14,18H,4-5,9-10,17H2,1-3H3. The zero-order valence-corrected chi connectivity index (χ0v) is 12.8. The molecule has 1 unspecified atom stereocenters. The van der Waals surface area contributed by atoms with Gasteiger partial charge in [0.25, 0.3) is 0 Å². The van der Waals surface area contributed by atoms with Crippen LogP contribution in [0.15, 0.2) is 18.2 Å². The van der Waals surface area contributed by atoms with Crippen molar-refractivity contribution in [2.24, 2.45) is 11.7 Å². The van der Waals surface area contributed by atoms with Crippen molar-refractivity contribution in [3.8, 4) is 5.75 Å². The Hall–Kier alpha value is -0.770. The number of hydrogen-bond donors (Lipinski definition) is 2. The zero-order chi connectivity index (χ0) is 14.3. The van der Waals surface area contributed by atoms with E-state index < -0.39 is 0 Å². The van der Waals surface area contributed by atoms with Crippen LogP contribution in [-0.2, 0) is 0 Å². The predicted octanol–water partition coefficient (Wildman–Crippen LogP) is 3.37. The van der Waals surface area contributed by atoms with Crippen molar-refractivity contribution < 1.29 is 4.74 Å². The summed E-state index contributed by atoms with van der Waals surface area (Å²) in [5.41, 5.74) is 6.97. The molecule has 0 fully saturated rings. The van der Waals surface area contributed by atoms with Crippen LogP contribution in [0.3, 0.4) is 0 Å². The molecule has 0 spiro atoms. The molecule has 0 aliphatic rings. The summed E-state index contributed by atoms with van der Waals surface area (Å²) in [6, 6.07) is 5.98. The van der Waals surface area contributed by atoms with Gasteiger partial charge in [-0.3, -0.25) is 0 Å². The second-order valence-corrected chi connectivity index (χ2v) is 5.18. The number of rotatable bonds is 8. The van der Waals surface area contributed by atoms with E-state index in [1.807, 2.05) is 18.2 Å². The van der Waals surface area contributed by atoms with Crippen LogP contribution in [0, 0.1) is 5.92 Å². The highest BCUT2D eigenvalue weighted by Gasteiger charge is 2.13. The lowest BCUT2D eigenvalue weighted by Crippen LogP contribution is -2.32. The van der Waals surface area contributed by atoms with E-state index in [0.29, 0.717) is 23.2 Å². The molecule has 3 N–H and O–H groups in total. The molecule has 0 heterocycles. The summed E-state index contributed by atoms with van der Waals surface area (Å²) in [7, 11) is 1.62. The Bertz CT molecular complexity index is 380. The van der Waals surface area contributed by atoms with Crippen molar-refractivity contribution >= 4 is 11.6 Å². The monoisotopic (exact) mass is 284 g/mol. The van der Waals surface area contributed by atoms with Gasteiger partial charge in [-0.25, -0.2) is 0 Å². The van der Waals surface area contributed by atoms with E-state index in [9.17, 15) is 0 Å². The van der Waals surface area contributed by atoms with Gasteiger partial charge in [-0.2, -0.15) is 0 Å². The van der Waals surface area contributed by atoms with Crippen LogP contribution < -0.4 is 15.8 Å². The van der Waals surface area contributed by atoms with Crippen LogP contribution in [0.1, 0.15) is 38.3 Å². The van der Waals surface area contributed by atoms with Crippen LogP contribution in [0.5, 0.6) is 5.75 Å². The van der Waals surface area contributed by atoms with Crippen molar-refractivity contribution in [3.05, 3.63) is 28.8 Å². The average molecular weight is 285 g/mol. The molecule has 1 atom stereocenters. The Morgan fingerprint density at radius 2 is 2.00 bits per heavy atom.